The normalized spacial score (nSPS) is 12.6. The fourth-order valence-corrected chi connectivity index (χ4v) is 3.18. The molecule has 0 saturated carbocycles. The summed E-state index contributed by atoms with van der Waals surface area (Å²) >= 11 is 0. The van der Waals surface area contributed by atoms with E-state index < -0.39 is 11.9 Å². The van der Waals surface area contributed by atoms with Crippen LogP contribution < -0.4 is 6.15 Å². The largest absolute Gasteiger partial charge is 0.462 e. The molecule has 5 nitrogen and oxygen atoms in total. The van der Waals surface area contributed by atoms with Gasteiger partial charge in [0.2, 0.25) is 0 Å². The van der Waals surface area contributed by atoms with Gasteiger partial charge in [-0.2, -0.15) is 0 Å². The standard InChI is InChI=1S/C24H38O4.H3N/c1-5-9-13-19(7-3)17-27-23(25)21-15-11-12-16-22(21)24(26)28-18-20(8-4)14-10-6-2;/h11-12,15-16,19-20H,5-10,13-14,17-18H2,1-4H3;1H3. The van der Waals surface area contributed by atoms with Crippen molar-refractivity contribution in [1.29, 1.82) is 0 Å². The fraction of sp³-hybridized carbons (Fsp3) is 0.667. The van der Waals surface area contributed by atoms with Gasteiger partial charge in [0.25, 0.3) is 0 Å². The van der Waals surface area contributed by atoms with E-state index in [0.717, 1.165) is 51.4 Å². The van der Waals surface area contributed by atoms with Crippen molar-refractivity contribution < 1.29 is 19.1 Å². The highest BCUT2D eigenvalue weighted by Gasteiger charge is 2.21. The summed E-state index contributed by atoms with van der Waals surface area (Å²) in [6.07, 6.45) is 8.61. The van der Waals surface area contributed by atoms with E-state index in [2.05, 4.69) is 27.7 Å². The zero-order valence-electron chi connectivity index (χ0n) is 18.9. The van der Waals surface area contributed by atoms with E-state index in [1.807, 2.05) is 0 Å². The zero-order chi connectivity index (χ0) is 20.8. The third kappa shape index (κ3) is 9.93. The Bertz CT molecular complexity index is 537. The molecular formula is C24H41NO4. The molecule has 1 rings (SSSR count). The number of carbonyl (C=O) groups is 2. The molecule has 0 bridgehead atoms. The number of carbonyl (C=O) groups excluding carboxylic acids is 2. The first-order valence-corrected chi connectivity index (χ1v) is 11.0. The summed E-state index contributed by atoms with van der Waals surface area (Å²) in [6.45, 7) is 9.34. The number of benzene rings is 1. The lowest BCUT2D eigenvalue weighted by atomic mass is 10.0. The van der Waals surface area contributed by atoms with Gasteiger partial charge >= 0.3 is 11.9 Å². The Balaban J connectivity index is 0.00000784. The van der Waals surface area contributed by atoms with Gasteiger partial charge < -0.3 is 15.6 Å². The average Bonchev–Trinajstić information content (AvgIpc) is 2.73. The van der Waals surface area contributed by atoms with Gasteiger partial charge in [-0.25, -0.2) is 9.59 Å². The van der Waals surface area contributed by atoms with Crippen molar-refractivity contribution in [1.82, 2.24) is 6.15 Å². The molecule has 3 N–H and O–H groups in total. The minimum atomic E-state index is -0.444. The Morgan fingerprint density at radius 1 is 0.759 bits per heavy atom. The van der Waals surface area contributed by atoms with Gasteiger partial charge in [0.1, 0.15) is 0 Å². The molecule has 0 aliphatic carbocycles. The van der Waals surface area contributed by atoms with E-state index in [0.29, 0.717) is 36.2 Å². The highest BCUT2D eigenvalue weighted by Crippen LogP contribution is 2.18. The van der Waals surface area contributed by atoms with E-state index in [9.17, 15) is 9.59 Å². The van der Waals surface area contributed by atoms with Crippen molar-refractivity contribution in [3.63, 3.8) is 0 Å². The van der Waals surface area contributed by atoms with Crippen LogP contribution in [0.25, 0.3) is 0 Å². The first-order chi connectivity index (χ1) is 13.6. The van der Waals surface area contributed by atoms with Gasteiger partial charge in [-0.05, 0) is 36.8 Å². The minimum Gasteiger partial charge on any atom is -0.462 e. The monoisotopic (exact) mass is 407 g/mol. The maximum absolute atomic E-state index is 12.6. The first-order valence-electron chi connectivity index (χ1n) is 11.0. The van der Waals surface area contributed by atoms with Gasteiger partial charge in [0.15, 0.2) is 0 Å². The summed E-state index contributed by atoms with van der Waals surface area (Å²) in [5, 5.41) is 0. The predicted octanol–water partition coefficient (Wildman–Crippen LogP) is 6.60. The molecule has 1 aromatic rings. The molecule has 29 heavy (non-hydrogen) atoms. The summed E-state index contributed by atoms with van der Waals surface area (Å²) in [7, 11) is 0. The van der Waals surface area contributed by atoms with Crippen LogP contribution in [-0.4, -0.2) is 25.2 Å². The van der Waals surface area contributed by atoms with Gasteiger partial charge in [0, 0.05) is 0 Å². The Morgan fingerprint density at radius 2 is 1.14 bits per heavy atom. The molecule has 0 aliphatic heterocycles. The number of ether oxygens (including phenoxy) is 2. The van der Waals surface area contributed by atoms with Crippen molar-refractivity contribution in [2.45, 2.75) is 79.1 Å². The lowest BCUT2D eigenvalue weighted by Crippen LogP contribution is -2.19. The molecule has 0 fully saturated rings. The highest BCUT2D eigenvalue weighted by atomic mass is 16.5. The van der Waals surface area contributed by atoms with Crippen molar-refractivity contribution in [2.75, 3.05) is 13.2 Å². The van der Waals surface area contributed by atoms with E-state index in [1.165, 1.54) is 0 Å². The van der Waals surface area contributed by atoms with Crippen LogP contribution in [0.1, 0.15) is 99.8 Å². The predicted molar refractivity (Wildman–Crippen MR) is 119 cm³/mol. The van der Waals surface area contributed by atoms with Crippen LogP contribution in [0.4, 0.5) is 0 Å². The SMILES string of the molecule is CCCCC(CC)COC(=O)c1ccccc1C(=O)OCC(CC)CCCC.N. The van der Waals surface area contributed by atoms with Crippen molar-refractivity contribution in [2.24, 2.45) is 11.8 Å². The Kier molecular flexibility index (Phi) is 14.9. The molecule has 0 heterocycles. The van der Waals surface area contributed by atoms with Gasteiger partial charge in [-0.1, -0.05) is 78.4 Å². The third-order valence-corrected chi connectivity index (χ3v) is 5.35. The third-order valence-electron chi connectivity index (χ3n) is 5.35. The molecule has 5 heteroatoms. The highest BCUT2D eigenvalue weighted by molar-refractivity contribution is 6.03. The van der Waals surface area contributed by atoms with Crippen LogP contribution in [0.3, 0.4) is 0 Å². The molecule has 0 aliphatic rings. The maximum atomic E-state index is 12.6. The molecule has 0 amide bonds. The number of rotatable bonds is 14. The van der Waals surface area contributed by atoms with Crippen LogP contribution >= 0.6 is 0 Å². The Labute approximate surface area is 177 Å². The molecule has 0 saturated heterocycles. The Hall–Kier alpha value is -1.88. The maximum Gasteiger partial charge on any atom is 0.339 e. The fourth-order valence-electron chi connectivity index (χ4n) is 3.18. The summed E-state index contributed by atoms with van der Waals surface area (Å²) in [4.78, 5) is 25.1. The second kappa shape index (κ2) is 16.0. The molecule has 0 aromatic heterocycles. The molecule has 0 spiro atoms. The summed E-state index contributed by atoms with van der Waals surface area (Å²) < 4.78 is 11.0. The van der Waals surface area contributed by atoms with Crippen LogP contribution in [-0.2, 0) is 9.47 Å². The van der Waals surface area contributed by atoms with Crippen molar-refractivity contribution in [3.8, 4) is 0 Å². The summed E-state index contributed by atoms with van der Waals surface area (Å²) in [5.41, 5.74) is 0.582. The van der Waals surface area contributed by atoms with Gasteiger partial charge in [0.05, 0.1) is 24.3 Å². The van der Waals surface area contributed by atoms with Gasteiger partial charge in [-0.3, -0.25) is 0 Å². The van der Waals surface area contributed by atoms with Crippen molar-refractivity contribution in [3.05, 3.63) is 35.4 Å². The number of unbranched alkanes of at least 4 members (excludes halogenated alkanes) is 2. The number of esters is 2. The molecule has 166 valence electrons. The lowest BCUT2D eigenvalue weighted by molar-refractivity contribution is 0.0381. The molecule has 2 atom stereocenters. The van der Waals surface area contributed by atoms with Gasteiger partial charge in [-0.15, -0.1) is 0 Å². The van der Waals surface area contributed by atoms with E-state index in [4.69, 9.17) is 9.47 Å². The Morgan fingerprint density at radius 3 is 1.45 bits per heavy atom. The van der Waals surface area contributed by atoms with E-state index in [-0.39, 0.29) is 6.15 Å². The molecule has 1 aromatic carbocycles. The first kappa shape index (κ1) is 27.1. The minimum absolute atomic E-state index is 0. The average molecular weight is 408 g/mol. The van der Waals surface area contributed by atoms with Crippen LogP contribution in [0, 0.1) is 11.8 Å². The summed E-state index contributed by atoms with van der Waals surface area (Å²) in [5.74, 6) is -0.153. The van der Waals surface area contributed by atoms with Crippen LogP contribution in [0.2, 0.25) is 0 Å². The second-order valence-corrected chi connectivity index (χ2v) is 7.58. The number of hydrogen-bond acceptors (Lipinski definition) is 5. The quantitative estimate of drug-likeness (QED) is 0.351. The second-order valence-electron chi connectivity index (χ2n) is 7.58. The van der Waals surface area contributed by atoms with Crippen molar-refractivity contribution >= 4 is 11.9 Å². The number of hydrogen-bond donors (Lipinski definition) is 1. The molecule has 2 unspecified atom stereocenters. The van der Waals surface area contributed by atoms with Crippen LogP contribution in [0.5, 0.6) is 0 Å². The zero-order valence-corrected chi connectivity index (χ0v) is 18.9. The van der Waals surface area contributed by atoms with Crippen LogP contribution in [0.15, 0.2) is 24.3 Å². The topological polar surface area (TPSA) is 87.6 Å². The summed E-state index contributed by atoms with van der Waals surface area (Å²) in [6, 6.07) is 6.77. The van der Waals surface area contributed by atoms with E-state index >= 15 is 0 Å². The smallest absolute Gasteiger partial charge is 0.339 e. The van der Waals surface area contributed by atoms with E-state index in [1.54, 1.807) is 24.3 Å². The molecule has 0 radical (unpaired) electrons. The molecular weight excluding hydrogens is 366 g/mol. The lowest BCUT2D eigenvalue weighted by Gasteiger charge is -2.17.